The molecule has 0 amide bonds. The third-order valence-electron chi connectivity index (χ3n) is 2.18. The molecule has 1 aromatic heterocycles. The van der Waals surface area contributed by atoms with Crippen molar-refractivity contribution in [2.24, 2.45) is 0 Å². The van der Waals surface area contributed by atoms with E-state index in [2.05, 4.69) is 22.1 Å². The largest absolute Gasteiger partial charge is 0.489 e. The standard InChI is InChI=1S/C7H6O.C5H6N2O2S/c1-2-6-4-7(3-1)8-5-6;1-10(8,9)5-6-3-2-4-7-5/h1-4H,5H2;2-4H,1H3. The van der Waals surface area contributed by atoms with E-state index in [0.717, 1.165) is 18.6 Å². The first-order chi connectivity index (χ1) is 8.55. The van der Waals surface area contributed by atoms with Gasteiger partial charge < -0.3 is 4.74 Å². The molecule has 0 N–H and O–H groups in total. The van der Waals surface area contributed by atoms with Crippen LogP contribution in [0.15, 0.2) is 47.9 Å². The predicted octanol–water partition coefficient (Wildman–Crippen LogP) is 1.46. The van der Waals surface area contributed by atoms with Crippen molar-refractivity contribution in [2.45, 2.75) is 11.8 Å². The van der Waals surface area contributed by atoms with Gasteiger partial charge in [-0.3, -0.25) is 0 Å². The molecular weight excluding hydrogens is 252 g/mol. The maximum atomic E-state index is 10.7. The summed E-state index contributed by atoms with van der Waals surface area (Å²) in [5.74, 6) is 1.00. The summed E-state index contributed by atoms with van der Waals surface area (Å²) in [6.07, 6.45) is 3.86. The molecule has 2 aromatic rings. The maximum Gasteiger partial charge on any atom is 0.246 e. The summed E-state index contributed by atoms with van der Waals surface area (Å²) in [6, 6.07) is 9.67. The number of aromatic nitrogens is 2. The van der Waals surface area contributed by atoms with Crippen molar-refractivity contribution in [1.29, 1.82) is 0 Å². The summed E-state index contributed by atoms with van der Waals surface area (Å²) in [6.45, 7) is 0.766. The lowest BCUT2D eigenvalue weighted by atomic mass is 10.2. The first-order valence-electron chi connectivity index (χ1n) is 5.24. The molecule has 0 aliphatic carbocycles. The van der Waals surface area contributed by atoms with Gasteiger partial charge in [0.2, 0.25) is 15.0 Å². The van der Waals surface area contributed by atoms with Crippen molar-refractivity contribution < 1.29 is 13.2 Å². The zero-order valence-electron chi connectivity index (χ0n) is 9.78. The molecule has 2 bridgehead atoms. The zero-order valence-corrected chi connectivity index (χ0v) is 10.6. The second kappa shape index (κ2) is 5.14. The number of fused-ring (bicyclic) bond motifs is 2. The molecule has 1 aliphatic heterocycles. The summed E-state index contributed by atoms with van der Waals surface area (Å²) < 4.78 is 26.6. The Bertz CT molecular complexity index is 608. The normalized spacial score (nSPS) is 12.3. The lowest BCUT2D eigenvalue weighted by Gasteiger charge is -1.91. The highest BCUT2D eigenvalue weighted by Crippen LogP contribution is 2.20. The predicted molar refractivity (Wildman–Crippen MR) is 65.9 cm³/mol. The van der Waals surface area contributed by atoms with Crippen LogP contribution in [0, 0.1) is 0 Å². The highest BCUT2D eigenvalue weighted by atomic mass is 32.2. The van der Waals surface area contributed by atoms with Crippen molar-refractivity contribution in [3.05, 3.63) is 48.3 Å². The Morgan fingerprint density at radius 1 is 1.17 bits per heavy atom. The van der Waals surface area contributed by atoms with Crippen LogP contribution in [0.4, 0.5) is 0 Å². The van der Waals surface area contributed by atoms with Crippen molar-refractivity contribution in [2.75, 3.05) is 6.26 Å². The van der Waals surface area contributed by atoms with Crippen LogP contribution >= 0.6 is 0 Å². The van der Waals surface area contributed by atoms with Gasteiger partial charge in [0.15, 0.2) is 0 Å². The van der Waals surface area contributed by atoms with Gasteiger partial charge >= 0.3 is 0 Å². The SMILES string of the molecule is CS(=O)(=O)c1ncccn1.c1cc2cc(c1)OC2. The Kier molecular flexibility index (Phi) is 3.57. The van der Waals surface area contributed by atoms with Crippen molar-refractivity contribution in [3.63, 3.8) is 0 Å². The average molecular weight is 264 g/mol. The van der Waals surface area contributed by atoms with Gasteiger partial charge in [0.05, 0.1) is 0 Å². The summed E-state index contributed by atoms with van der Waals surface area (Å²) in [5.41, 5.74) is 1.28. The summed E-state index contributed by atoms with van der Waals surface area (Å²) in [4.78, 5) is 7.10. The summed E-state index contributed by atoms with van der Waals surface area (Å²) >= 11 is 0. The van der Waals surface area contributed by atoms with E-state index in [1.807, 2.05) is 12.1 Å². The third-order valence-corrected chi connectivity index (χ3v) is 3.05. The van der Waals surface area contributed by atoms with Crippen LogP contribution in [0.5, 0.6) is 5.75 Å². The number of ether oxygens (including phenoxy) is 1. The molecule has 0 unspecified atom stereocenters. The molecular formula is C12H12N2O3S. The van der Waals surface area contributed by atoms with Gasteiger partial charge in [-0.25, -0.2) is 18.4 Å². The Labute approximate surface area is 105 Å². The highest BCUT2D eigenvalue weighted by Gasteiger charge is 2.07. The number of hydrogen-bond donors (Lipinski definition) is 0. The van der Waals surface area contributed by atoms with Gasteiger partial charge in [0, 0.05) is 18.6 Å². The van der Waals surface area contributed by atoms with E-state index < -0.39 is 9.84 Å². The van der Waals surface area contributed by atoms with Crippen LogP contribution in [-0.4, -0.2) is 24.6 Å². The third kappa shape index (κ3) is 3.27. The highest BCUT2D eigenvalue weighted by molar-refractivity contribution is 7.90. The number of sulfone groups is 1. The van der Waals surface area contributed by atoms with Crippen LogP contribution in [0.1, 0.15) is 5.56 Å². The van der Waals surface area contributed by atoms with Crippen LogP contribution < -0.4 is 4.74 Å². The fourth-order valence-corrected chi connectivity index (χ4v) is 1.87. The second-order valence-electron chi connectivity index (χ2n) is 3.74. The molecule has 0 spiro atoms. The molecule has 0 fully saturated rings. The molecule has 1 aromatic carbocycles. The Morgan fingerprint density at radius 3 is 2.39 bits per heavy atom. The monoisotopic (exact) mass is 264 g/mol. The molecule has 0 saturated heterocycles. The number of hydrogen-bond acceptors (Lipinski definition) is 5. The lowest BCUT2D eigenvalue weighted by molar-refractivity contribution is 0.328. The van der Waals surface area contributed by atoms with Crippen LogP contribution in [0.25, 0.3) is 0 Å². The number of benzene rings is 1. The fraction of sp³-hybridized carbons (Fsp3) is 0.167. The number of rotatable bonds is 1. The van der Waals surface area contributed by atoms with Crippen LogP contribution in [-0.2, 0) is 16.4 Å². The molecule has 2 heterocycles. The minimum atomic E-state index is -3.23. The van der Waals surface area contributed by atoms with Crippen LogP contribution in [0.2, 0.25) is 0 Å². The average Bonchev–Trinajstić information content (AvgIpc) is 2.69. The molecule has 0 atom stereocenters. The van der Waals surface area contributed by atoms with E-state index in [4.69, 9.17) is 4.74 Å². The Balaban J connectivity index is 0.000000136. The lowest BCUT2D eigenvalue weighted by Crippen LogP contribution is -2.02. The van der Waals surface area contributed by atoms with E-state index in [1.165, 1.54) is 18.0 Å². The Morgan fingerprint density at radius 2 is 1.89 bits per heavy atom. The quantitative estimate of drug-likeness (QED) is 0.729. The minimum absolute atomic E-state index is 0.130. The first kappa shape index (κ1) is 12.5. The summed E-state index contributed by atoms with van der Waals surface area (Å²) in [5, 5.41) is -0.130. The zero-order chi connectivity index (χ0) is 13.0. The van der Waals surface area contributed by atoms with Gasteiger partial charge in [-0.05, 0) is 23.8 Å². The fourth-order valence-electron chi connectivity index (χ4n) is 1.37. The van der Waals surface area contributed by atoms with Gasteiger partial charge in [-0.1, -0.05) is 12.1 Å². The van der Waals surface area contributed by atoms with Crippen LogP contribution in [0.3, 0.4) is 0 Å². The molecule has 0 radical (unpaired) electrons. The van der Waals surface area contributed by atoms with Crippen molar-refractivity contribution >= 4 is 9.84 Å². The number of nitrogens with zero attached hydrogens (tertiary/aromatic N) is 2. The molecule has 94 valence electrons. The first-order valence-corrected chi connectivity index (χ1v) is 7.14. The molecule has 0 saturated carbocycles. The Hall–Kier alpha value is -1.95. The second-order valence-corrected chi connectivity index (χ2v) is 5.65. The van der Waals surface area contributed by atoms with E-state index in [1.54, 1.807) is 6.07 Å². The van der Waals surface area contributed by atoms with E-state index in [0.29, 0.717) is 0 Å². The molecule has 6 heteroatoms. The van der Waals surface area contributed by atoms with Gasteiger partial charge in [-0.2, -0.15) is 0 Å². The molecule has 1 aliphatic rings. The van der Waals surface area contributed by atoms with Gasteiger partial charge in [0.1, 0.15) is 12.4 Å². The molecule has 3 rings (SSSR count). The van der Waals surface area contributed by atoms with Gasteiger partial charge in [-0.15, -0.1) is 0 Å². The van der Waals surface area contributed by atoms with Gasteiger partial charge in [0.25, 0.3) is 0 Å². The van der Waals surface area contributed by atoms with Crippen molar-refractivity contribution in [1.82, 2.24) is 9.97 Å². The molecule has 5 nitrogen and oxygen atoms in total. The molecule has 18 heavy (non-hydrogen) atoms. The van der Waals surface area contributed by atoms with Crippen molar-refractivity contribution in [3.8, 4) is 5.75 Å². The smallest absolute Gasteiger partial charge is 0.246 e. The topological polar surface area (TPSA) is 69.2 Å². The van der Waals surface area contributed by atoms with E-state index in [9.17, 15) is 8.42 Å². The summed E-state index contributed by atoms with van der Waals surface area (Å²) in [7, 11) is -3.23. The minimum Gasteiger partial charge on any atom is -0.489 e. The maximum absolute atomic E-state index is 10.7. The van der Waals surface area contributed by atoms with E-state index >= 15 is 0 Å². The van der Waals surface area contributed by atoms with E-state index in [-0.39, 0.29) is 5.16 Å².